The molecule has 2 aliphatic carbocycles. The number of nitrogens with one attached hydrogen (secondary N) is 1. The second-order valence-corrected chi connectivity index (χ2v) is 12.1. The van der Waals surface area contributed by atoms with Crippen molar-refractivity contribution in [2.45, 2.75) is 63.6 Å². The number of fused-ring (bicyclic) bond motifs is 8. The van der Waals surface area contributed by atoms with Crippen molar-refractivity contribution in [2.24, 2.45) is 0 Å². The molecule has 0 radical (unpaired) electrons. The van der Waals surface area contributed by atoms with Gasteiger partial charge in [-0.15, -0.1) is 0 Å². The highest BCUT2D eigenvalue weighted by molar-refractivity contribution is 6.35. The summed E-state index contributed by atoms with van der Waals surface area (Å²) < 4.78 is 6.27. The van der Waals surface area contributed by atoms with Crippen LogP contribution >= 0.6 is 11.6 Å². The molecular formula is C31H36ClN5O. The molecule has 1 N–H and O–H groups in total. The van der Waals surface area contributed by atoms with Crippen molar-refractivity contribution < 1.29 is 4.74 Å². The predicted molar refractivity (Wildman–Crippen MR) is 155 cm³/mol. The first-order valence-electron chi connectivity index (χ1n) is 14.1. The maximum Gasteiger partial charge on any atom is 0.318 e. The number of aromatic nitrogens is 2. The molecular weight excluding hydrogens is 494 g/mol. The van der Waals surface area contributed by atoms with Crippen LogP contribution in [0.3, 0.4) is 0 Å². The number of allylic oxidation sites excluding steroid dienone is 1. The Morgan fingerprint density at radius 3 is 2.79 bits per heavy atom. The number of anilines is 1. The highest BCUT2D eigenvalue weighted by Crippen LogP contribution is 2.51. The Bertz CT molecular complexity index is 1420. The van der Waals surface area contributed by atoms with Crippen molar-refractivity contribution >= 4 is 34.4 Å². The molecule has 38 heavy (non-hydrogen) atoms. The summed E-state index contributed by atoms with van der Waals surface area (Å²) in [5, 5.41) is 5.59. The smallest absolute Gasteiger partial charge is 0.318 e. The second kappa shape index (κ2) is 9.51. The summed E-state index contributed by atoms with van der Waals surface area (Å²) in [5.41, 5.74) is 7.28. The molecule has 7 heteroatoms. The van der Waals surface area contributed by atoms with E-state index in [9.17, 15) is 0 Å². The van der Waals surface area contributed by atoms with E-state index in [1.165, 1.54) is 35.1 Å². The molecule has 3 aromatic rings. The number of nitrogens with zero attached hydrogens (tertiary/aromatic N) is 4. The molecule has 2 aromatic carbocycles. The Kier molecular flexibility index (Phi) is 6.10. The van der Waals surface area contributed by atoms with Crippen molar-refractivity contribution in [3.8, 4) is 17.1 Å². The maximum atomic E-state index is 7.12. The van der Waals surface area contributed by atoms with Gasteiger partial charge in [0.25, 0.3) is 0 Å². The number of hydrogen-bond acceptors (Lipinski definition) is 6. The molecule has 4 aliphatic rings. The topological polar surface area (TPSA) is 53.5 Å². The van der Waals surface area contributed by atoms with Gasteiger partial charge in [-0.25, -0.2) is 0 Å². The van der Waals surface area contributed by atoms with Gasteiger partial charge in [-0.05, 0) is 74.9 Å². The van der Waals surface area contributed by atoms with Crippen LogP contribution in [0.5, 0.6) is 6.01 Å². The molecule has 1 aromatic heterocycles. The minimum atomic E-state index is 0.253. The maximum absolute atomic E-state index is 7.12. The zero-order valence-electron chi connectivity index (χ0n) is 22.5. The number of rotatable bonds is 7. The fourth-order valence-corrected chi connectivity index (χ4v) is 7.11. The first-order valence-corrected chi connectivity index (χ1v) is 14.5. The Labute approximate surface area is 230 Å². The standard InChI is InChI=1S/C31H36ClN5O/c1-18(2)36(3)12-5-13-38-31-34-29-25(30(35-31)37-16-21-10-11-22(17-37)33-21)15-26(32)28-23-7-4-6-19-8-9-20(27(28)29)14-24(19)23/h4,6-9,15,18,20-22,33H,5,10-14,16-17H2,1-3H3. The summed E-state index contributed by atoms with van der Waals surface area (Å²) in [7, 11) is 2.16. The largest absolute Gasteiger partial charge is 0.463 e. The first-order chi connectivity index (χ1) is 18.5. The first kappa shape index (κ1) is 24.4. The second-order valence-electron chi connectivity index (χ2n) is 11.7. The van der Waals surface area contributed by atoms with Crippen molar-refractivity contribution in [3.63, 3.8) is 0 Å². The van der Waals surface area contributed by atoms with Crippen LogP contribution in [0.4, 0.5) is 5.82 Å². The normalized spacial score (nSPS) is 23.0. The average Bonchev–Trinajstić information content (AvgIpc) is 3.27. The molecule has 3 unspecified atom stereocenters. The third-order valence-electron chi connectivity index (χ3n) is 9.01. The Morgan fingerprint density at radius 1 is 1.18 bits per heavy atom. The SMILES string of the molecule is CC(C)N(C)CCCOc1nc(N2CC3CCC(C2)N3)c2cc(Cl)c3c(c2n1)C1C=Cc2cccc-3c2C1. The van der Waals surface area contributed by atoms with Gasteiger partial charge in [0, 0.05) is 59.7 Å². The number of piperazine rings is 1. The molecule has 3 heterocycles. The van der Waals surface area contributed by atoms with Crippen LogP contribution in [-0.2, 0) is 6.42 Å². The Balaban J connectivity index is 1.34. The van der Waals surface area contributed by atoms with E-state index < -0.39 is 0 Å². The van der Waals surface area contributed by atoms with Crippen LogP contribution in [0.25, 0.3) is 28.1 Å². The molecule has 6 nitrogen and oxygen atoms in total. The fourth-order valence-electron chi connectivity index (χ4n) is 6.80. The van der Waals surface area contributed by atoms with E-state index in [-0.39, 0.29) is 5.92 Å². The zero-order valence-corrected chi connectivity index (χ0v) is 23.3. The number of benzene rings is 2. The van der Waals surface area contributed by atoms with Crippen LogP contribution in [0, 0.1) is 0 Å². The number of halogens is 1. The Morgan fingerprint density at radius 2 is 2.00 bits per heavy atom. The van der Waals surface area contributed by atoms with E-state index in [0.29, 0.717) is 30.7 Å². The molecule has 0 spiro atoms. The van der Waals surface area contributed by atoms with Gasteiger partial charge < -0.3 is 19.9 Å². The summed E-state index contributed by atoms with van der Waals surface area (Å²) in [5.74, 6) is 1.22. The minimum absolute atomic E-state index is 0.253. The molecule has 2 aliphatic heterocycles. The van der Waals surface area contributed by atoms with E-state index in [1.807, 2.05) is 0 Å². The van der Waals surface area contributed by atoms with Gasteiger partial charge in [0.15, 0.2) is 0 Å². The molecule has 0 amide bonds. The van der Waals surface area contributed by atoms with Gasteiger partial charge in [-0.1, -0.05) is 42.0 Å². The lowest BCUT2D eigenvalue weighted by molar-refractivity contribution is 0.226. The van der Waals surface area contributed by atoms with Crippen LogP contribution < -0.4 is 15.0 Å². The van der Waals surface area contributed by atoms with Gasteiger partial charge in [0.05, 0.1) is 12.1 Å². The van der Waals surface area contributed by atoms with Crippen molar-refractivity contribution in [2.75, 3.05) is 38.2 Å². The predicted octanol–water partition coefficient (Wildman–Crippen LogP) is 5.67. The summed E-state index contributed by atoms with van der Waals surface area (Å²) in [4.78, 5) is 14.9. The quantitative estimate of drug-likeness (QED) is 0.398. The van der Waals surface area contributed by atoms with Crippen LogP contribution in [0.1, 0.15) is 55.7 Å². The van der Waals surface area contributed by atoms with E-state index in [2.05, 4.69) is 72.4 Å². The monoisotopic (exact) mass is 529 g/mol. The summed E-state index contributed by atoms with van der Waals surface area (Å²) >= 11 is 7.12. The molecule has 198 valence electrons. The minimum Gasteiger partial charge on any atom is -0.463 e. The molecule has 3 atom stereocenters. The zero-order chi connectivity index (χ0) is 26.0. The lowest BCUT2D eigenvalue weighted by atomic mass is 9.73. The van der Waals surface area contributed by atoms with Crippen molar-refractivity contribution in [3.05, 3.63) is 52.1 Å². The molecule has 7 rings (SSSR count). The Hall–Kier alpha value is -2.67. The van der Waals surface area contributed by atoms with E-state index >= 15 is 0 Å². The average molecular weight is 530 g/mol. The lowest BCUT2D eigenvalue weighted by Crippen LogP contribution is -2.51. The molecule has 2 saturated heterocycles. The fraction of sp³-hybridized carbons (Fsp3) is 0.484. The third-order valence-corrected chi connectivity index (χ3v) is 9.31. The van der Waals surface area contributed by atoms with Crippen LogP contribution in [0.2, 0.25) is 5.02 Å². The molecule has 0 saturated carbocycles. The lowest BCUT2D eigenvalue weighted by Gasteiger charge is -2.35. The summed E-state index contributed by atoms with van der Waals surface area (Å²) in [6.07, 6.45) is 8.96. The van der Waals surface area contributed by atoms with Crippen LogP contribution in [-0.4, -0.2) is 66.3 Å². The van der Waals surface area contributed by atoms with E-state index in [4.69, 9.17) is 26.3 Å². The van der Waals surface area contributed by atoms with Crippen molar-refractivity contribution in [1.82, 2.24) is 20.2 Å². The number of hydrogen-bond donors (Lipinski definition) is 1. The highest BCUT2D eigenvalue weighted by Gasteiger charge is 2.36. The van der Waals surface area contributed by atoms with Crippen molar-refractivity contribution in [1.29, 1.82) is 0 Å². The summed E-state index contributed by atoms with van der Waals surface area (Å²) in [6.45, 7) is 7.91. The van der Waals surface area contributed by atoms with Gasteiger partial charge in [0.2, 0.25) is 0 Å². The molecule has 4 bridgehead atoms. The van der Waals surface area contributed by atoms with E-state index in [0.717, 1.165) is 59.8 Å². The van der Waals surface area contributed by atoms with Gasteiger partial charge in [0.1, 0.15) is 5.82 Å². The van der Waals surface area contributed by atoms with Crippen LogP contribution in [0.15, 0.2) is 30.3 Å². The van der Waals surface area contributed by atoms with E-state index in [1.54, 1.807) is 0 Å². The summed E-state index contributed by atoms with van der Waals surface area (Å²) in [6, 6.07) is 10.7. The molecule has 2 fully saturated rings. The third kappa shape index (κ3) is 4.09. The van der Waals surface area contributed by atoms with Gasteiger partial charge >= 0.3 is 6.01 Å². The van der Waals surface area contributed by atoms with Gasteiger partial charge in [-0.2, -0.15) is 9.97 Å². The number of ether oxygens (including phenoxy) is 1. The van der Waals surface area contributed by atoms with Gasteiger partial charge in [-0.3, -0.25) is 0 Å². The highest BCUT2D eigenvalue weighted by atomic mass is 35.5.